The SMILES string of the molecule is CC1CN(Cc2ccsc2Br)CC1N. The molecule has 0 spiro atoms. The highest BCUT2D eigenvalue weighted by atomic mass is 79.9. The number of nitrogens with two attached hydrogens (primary N) is 1. The topological polar surface area (TPSA) is 29.3 Å². The quantitative estimate of drug-likeness (QED) is 0.897. The zero-order chi connectivity index (χ0) is 10.1. The van der Waals surface area contributed by atoms with Crippen LogP contribution < -0.4 is 5.73 Å². The van der Waals surface area contributed by atoms with Gasteiger partial charge in [-0.1, -0.05) is 6.92 Å². The molecular formula is C10H15BrN2S. The second-order valence-electron chi connectivity index (χ2n) is 4.05. The number of hydrogen-bond acceptors (Lipinski definition) is 3. The third kappa shape index (κ3) is 2.19. The smallest absolute Gasteiger partial charge is 0.0743 e. The van der Waals surface area contributed by atoms with Crippen LogP contribution >= 0.6 is 27.3 Å². The molecule has 78 valence electrons. The molecule has 0 amide bonds. The van der Waals surface area contributed by atoms with Gasteiger partial charge in [-0.2, -0.15) is 0 Å². The molecular weight excluding hydrogens is 260 g/mol. The van der Waals surface area contributed by atoms with Crippen LogP contribution in [0.3, 0.4) is 0 Å². The van der Waals surface area contributed by atoms with Crippen LogP contribution in [0.1, 0.15) is 12.5 Å². The van der Waals surface area contributed by atoms with E-state index in [-0.39, 0.29) is 0 Å². The lowest BCUT2D eigenvalue weighted by Gasteiger charge is -2.14. The van der Waals surface area contributed by atoms with Gasteiger partial charge in [-0.25, -0.2) is 0 Å². The van der Waals surface area contributed by atoms with E-state index in [1.54, 1.807) is 11.3 Å². The molecule has 1 fully saturated rings. The normalized spacial score (nSPS) is 28.5. The summed E-state index contributed by atoms with van der Waals surface area (Å²) in [5.74, 6) is 0.632. The summed E-state index contributed by atoms with van der Waals surface area (Å²) in [5.41, 5.74) is 7.37. The number of thiophene rings is 1. The Morgan fingerprint density at radius 3 is 2.93 bits per heavy atom. The maximum Gasteiger partial charge on any atom is 0.0743 e. The minimum Gasteiger partial charge on any atom is -0.326 e. The van der Waals surface area contributed by atoms with Crippen LogP contribution in [0, 0.1) is 5.92 Å². The summed E-state index contributed by atoms with van der Waals surface area (Å²) in [6.07, 6.45) is 0. The van der Waals surface area contributed by atoms with Crippen LogP contribution in [0.15, 0.2) is 15.2 Å². The molecule has 1 aromatic heterocycles. The summed E-state index contributed by atoms with van der Waals surface area (Å²) >= 11 is 5.31. The zero-order valence-corrected chi connectivity index (χ0v) is 10.6. The Kier molecular flexibility index (Phi) is 3.27. The fourth-order valence-corrected chi connectivity index (χ4v) is 3.11. The molecule has 0 saturated carbocycles. The molecule has 2 rings (SSSR count). The van der Waals surface area contributed by atoms with E-state index in [4.69, 9.17) is 5.73 Å². The van der Waals surface area contributed by atoms with Crippen molar-refractivity contribution in [2.75, 3.05) is 13.1 Å². The molecule has 1 aliphatic rings. The van der Waals surface area contributed by atoms with Gasteiger partial charge in [0.05, 0.1) is 3.79 Å². The highest BCUT2D eigenvalue weighted by Gasteiger charge is 2.26. The van der Waals surface area contributed by atoms with Gasteiger partial charge in [0, 0.05) is 25.7 Å². The Hall–Kier alpha value is 0.1000. The Morgan fingerprint density at radius 1 is 1.64 bits per heavy atom. The Morgan fingerprint density at radius 2 is 2.43 bits per heavy atom. The lowest BCUT2D eigenvalue weighted by Crippen LogP contribution is -2.28. The summed E-state index contributed by atoms with van der Waals surface area (Å²) in [5, 5.41) is 2.12. The predicted molar refractivity (Wildman–Crippen MR) is 64.4 cm³/mol. The maximum atomic E-state index is 5.98. The number of likely N-dealkylation sites (tertiary alicyclic amines) is 1. The van der Waals surface area contributed by atoms with E-state index in [1.807, 2.05) is 0 Å². The van der Waals surface area contributed by atoms with Crippen molar-refractivity contribution >= 4 is 27.3 Å². The van der Waals surface area contributed by atoms with Crippen molar-refractivity contribution in [3.8, 4) is 0 Å². The van der Waals surface area contributed by atoms with Crippen molar-refractivity contribution in [2.45, 2.75) is 19.5 Å². The Bertz CT molecular complexity index is 303. The Labute approximate surface area is 97.2 Å². The van der Waals surface area contributed by atoms with Crippen molar-refractivity contribution < 1.29 is 0 Å². The van der Waals surface area contributed by atoms with Crippen LogP contribution in [-0.2, 0) is 6.54 Å². The van der Waals surface area contributed by atoms with E-state index in [0.717, 1.165) is 19.6 Å². The number of hydrogen-bond donors (Lipinski definition) is 1. The molecule has 0 aromatic carbocycles. The van der Waals surface area contributed by atoms with Crippen molar-refractivity contribution in [2.24, 2.45) is 11.7 Å². The zero-order valence-electron chi connectivity index (χ0n) is 8.24. The van der Waals surface area contributed by atoms with Gasteiger partial charge in [-0.05, 0) is 38.9 Å². The first-order valence-electron chi connectivity index (χ1n) is 4.86. The molecule has 1 aromatic rings. The predicted octanol–water partition coefficient (Wildman–Crippen LogP) is 2.29. The fourth-order valence-electron chi connectivity index (χ4n) is 1.90. The van der Waals surface area contributed by atoms with E-state index in [2.05, 4.69) is 39.2 Å². The molecule has 1 aliphatic heterocycles. The fraction of sp³-hybridized carbons (Fsp3) is 0.600. The minimum atomic E-state index is 0.354. The van der Waals surface area contributed by atoms with Crippen molar-refractivity contribution in [1.82, 2.24) is 4.90 Å². The summed E-state index contributed by atoms with van der Waals surface area (Å²) in [4.78, 5) is 2.43. The molecule has 14 heavy (non-hydrogen) atoms. The minimum absolute atomic E-state index is 0.354. The molecule has 1 saturated heterocycles. The first-order valence-corrected chi connectivity index (χ1v) is 6.54. The second kappa shape index (κ2) is 4.31. The van der Waals surface area contributed by atoms with Gasteiger partial charge in [-0.15, -0.1) is 11.3 Å². The summed E-state index contributed by atoms with van der Waals surface area (Å²) < 4.78 is 1.26. The van der Waals surface area contributed by atoms with Gasteiger partial charge < -0.3 is 5.73 Å². The number of halogens is 1. The van der Waals surface area contributed by atoms with Crippen molar-refractivity contribution in [1.29, 1.82) is 0 Å². The lowest BCUT2D eigenvalue weighted by atomic mass is 10.1. The van der Waals surface area contributed by atoms with Gasteiger partial charge in [-0.3, -0.25) is 4.90 Å². The number of nitrogens with zero attached hydrogens (tertiary/aromatic N) is 1. The molecule has 2 nitrogen and oxygen atoms in total. The third-order valence-corrected chi connectivity index (χ3v) is 4.64. The molecule has 2 atom stereocenters. The number of rotatable bonds is 2. The van der Waals surface area contributed by atoms with Crippen LogP contribution in [-0.4, -0.2) is 24.0 Å². The van der Waals surface area contributed by atoms with Gasteiger partial charge in [0.1, 0.15) is 0 Å². The van der Waals surface area contributed by atoms with Crippen LogP contribution in [0.5, 0.6) is 0 Å². The average Bonchev–Trinajstić information content (AvgIpc) is 2.63. The molecule has 0 aliphatic carbocycles. The summed E-state index contributed by atoms with van der Waals surface area (Å²) in [6.45, 7) is 5.42. The van der Waals surface area contributed by atoms with E-state index >= 15 is 0 Å². The van der Waals surface area contributed by atoms with Crippen molar-refractivity contribution in [3.05, 3.63) is 20.8 Å². The molecule has 2 N–H and O–H groups in total. The van der Waals surface area contributed by atoms with Crippen LogP contribution in [0.25, 0.3) is 0 Å². The van der Waals surface area contributed by atoms with E-state index in [1.165, 1.54) is 9.35 Å². The van der Waals surface area contributed by atoms with Gasteiger partial charge >= 0.3 is 0 Å². The monoisotopic (exact) mass is 274 g/mol. The Balaban J connectivity index is 1.97. The molecule has 4 heteroatoms. The first-order chi connectivity index (χ1) is 6.66. The standard InChI is InChI=1S/C10H15BrN2S/c1-7-4-13(6-9(7)12)5-8-2-3-14-10(8)11/h2-3,7,9H,4-6,12H2,1H3. The van der Waals surface area contributed by atoms with Gasteiger partial charge in [0.15, 0.2) is 0 Å². The molecule has 0 bridgehead atoms. The van der Waals surface area contributed by atoms with Crippen LogP contribution in [0.2, 0.25) is 0 Å². The lowest BCUT2D eigenvalue weighted by molar-refractivity contribution is 0.319. The maximum absolute atomic E-state index is 5.98. The first kappa shape index (κ1) is 10.6. The van der Waals surface area contributed by atoms with Gasteiger partial charge in [0.2, 0.25) is 0 Å². The third-order valence-electron chi connectivity index (χ3n) is 2.83. The summed E-state index contributed by atoms with van der Waals surface area (Å²) in [7, 11) is 0. The molecule has 2 heterocycles. The average molecular weight is 275 g/mol. The van der Waals surface area contributed by atoms with E-state index < -0.39 is 0 Å². The summed E-state index contributed by atoms with van der Waals surface area (Å²) in [6, 6.07) is 2.54. The highest BCUT2D eigenvalue weighted by Crippen LogP contribution is 2.26. The van der Waals surface area contributed by atoms with E-state index in [0.29, 0.717) is 12.0 Å². The van der Waals surface area contributed by atoms with Crippen LogP contribution in [0.4, 0.5) is 0 Å². The van der Waals surface area contributed by atoms with Crippen molar-refractivity contribution in [3.63, 3.8) is 0 Å². The van der Waals surface area contributed by atoms with E-state index in [9.17, 15) is 0 Å². The second-order valence-corrected chi connectivity index (χ2v) is 6.29. The largest absolute Gasteiger partial charge is 0.326 e. The van der Waals surface area contributed by atoms with Gasteiger partial charge in [0.25, 0.3) is 0 Å². The molecule has 2 unspecified atom stereocenters. The highest BCUT2D eigenvalue weighted by molar-refractivity contribution is 9.11. The molecule has 0 radical (unpaired) electrons.